The lowest BCUT2D eigenvalue weighted by atomic mass is 9.95. The molecular weight excluding hydrogens is 288 g/mol. The predicted molar refractivity (Wildman–Crippen MR) is 93.6 cm³/mol. The molecule has 1 aromatic carbocycles. The highest BCUT2D eigenvalue weighted by Gasteiger charge is 2.28. The average molecular weight is 318 g/mol. The summed E-state index contributed by atoms with van der Waals surface area (Å²) < 4.78 is 0. The van der Waals surface area contributed by atoms with Crippen LogP contribution in [0.2, 0.25) is 0 Å². The van der Waals surface area contributed by atoms with Crippen LogP contribution >= 0.6 is 0 Å². The maximum atomic E-state index is 12.4. The number of β-amino-alcohol motifs (C(OH)–C–C–N with tert-alkyl or cyclic N) is 1. The Morgan fingerprint density at radius 2 is 1.87 bits per heavy atom. The second kappa shape index (κ2) is 7.93. The lowest BCUT2D eigenvalue weighted by Crippen LogP contribution is -2.49. The number of benzene rings is 1. The van der Waals surface area contributed by atoms with Gasteiger partial charge in [-0.2, -0.15) is 0 Å². The molecule has 4 heteroatoms. The van der Waals surface area contributed by atoms with Crippen molar-refractivity contribution in [1.82, 2.24) is 10.2 Å². The highest BCUT2D eigenvalue weighted by molar-refractivity contribution is 5.95. The summed E-state index contributed by atoms with van der Waals surface area (Å²) >= 11 is 0. The van der Waals surface area contributed by atoms with Crippen molar-refractivity contribution >= 4 is 5.91 Å². The van der Waals surface area contributed by atoms with E-state index in [4.69, 9.17) is 0 Å². The third kappa shape index (κ3) is 4.79. The van der Waals surface area contributed by atoms with Gasteiger partial charge in [-0.3, -0.25) is 4.79 Å². The molecule has 1 saturated heterocycles. The second-order valence-corrected chi connectivity index (χ2v) is 6.77. The van der Waals surface area contributed by atoms with Crippen LogP contribution < -0.4 is 5.32 Å². The van der Waals surface area contributed by atoms with Crippen LogP contribution in [-0.4, -0.2) is 47.2 Å². The maximum absolute atomic E-state index is 12.4. The minimum absolute atomic E-state index is 0.0279. The first-order valence-electron chi connectivity index (χ1n) is 8.78. The molecule has 0 bridgehead atoms. The van der Waals surface area contributed by atoms with Crippen molar-refractivity contribution in [2.45, 2.75) is 58.1 Å². The summed E-state index contributed by atoms with van der Waals surface area (Å²) in [5, 5.41) is 13.6. The summed E-state index contributed by atoms with van der Waals surface area (Å²) in [5.74, 6) is 0.0279. The van der Waals surface area contributed by atoms with E-state index < -0.39 is 5.60 Å². The number of carbonyl (C=O) groups is 1. The standard InChI is InChI=1S/C19H30N2O2/c1-4-19(23,5-2)14-21-12-10-16(11-13-21)20-18(22)17-9-7-6-8-15(17)3/h6-9,16,23H,4-5,10-14H2,1-3H3,(H,20,22). The fraction of sp³-hybridized carbons (Fsp3) is 0.632. The van der Waals surface area contributed by atoms with Gasteiger partial charge < -0.3 is 15.3 Å². The smallest absolute Gasteiger partial charge is 0.251 e. The molecule has 4 nitrogen and oxygen atoms in total. The van der Waals surface area contributed by atoms with Gasteiger partial charge in [0.05, 0.1) is 5.60 Å². The molecular formula is C19H30N2O2. The van der Waals surface area contributed by atoms with Crippen LogP contribution in [0.15, 0.2) is 24.3 Å². The number of piperidine rings is 1. The normalized spacial score (nSPS) is 17.2. The van der Waals surface area contributed by atoms with Gasteiger partial charge in [0.2, 0.25) is 0 Å². The maximum Gasteiger partial charge on any atom is 0.251 e. The first kappa shape index (κ1) is 18.0. The van der Waals surface area contributed by atoms with Crippen LogP contribution in [-0.2, 0) is 0 Å². The summed E-state index contributed by atoms with van der Waals surface area (Å²) in [6, 6.07) is 7.93. The Hall–Kier alpha value is -1.39. The molecule has 2 rings (SSSR count). The van der Waals surface area contributed by atoms with Crippen LogP contribution in [0.1, 0.15) is 55.5 Å². The van der Waals surface area contributed by atoms with Crippen molar-refractivity contribution < 1.29 is 9.90 Å². The summed E-state index contributed by atoms with van der Waals surface area (Å²) in [4.78, 5) is 14.7. The third-order valence-electron chi connectivity index (χ3n) is 5.15. The van der Waals surface area contributed by atoms with E-state index in [1.165, 1.54) is 0 Å². The minimum Gasteiger partial charge on any atom is -0.389 e. The Bertz CT molecular complexity index is 518. The second-order valence-electron chi connectivity index (χ2n) is 6.77. The van der Waals surface area contributed by atoms with Gasteiger partial charge in [0.25, 0.3) is 5.91 Å². The van der Waals surface area contributed by atoms with Crippen molar-refractivity contribution in [3.8, 4) is 0 Å². The number of hydrogen-bond acceptors (Lipinski definition) is 3. The number of carbonyl (C=O) groups excluding carboxylic acids is 1. The highest BCUT2D eigenvalue weighted by atomic mass is 16.3. The van der Waals surface area contributed by atoms with E-state index in [0.29, 0.717) is 0 Å². The first-order chi connectivity index (χ1) is 11.0. The van der Waals surface area contributed by atoms with Crippen LogP contribution in [0.5, 0.6) is 0 Å². The van der Waals surface area contributed by atoms with E-state index in [0.717, 1.165) is 56.4 Å². The quantitative estimate of drug-likeness (QED) is 0.848. The fourth-order valence-electron chi connectivity index (χ4n) is 3.22. The lowest BCUT2D eigenvalue weighted by molar-refractivity contribution is -0.00974. The van der Waals surface area contributed by atoms with Crippen LogP contribution in [0.3, 0.4) is 0 Å². The zero-order chi connectivity index (χ0) is 16.9. The molecule has 1 aliphatic rings. The highest BCUT2D eigenvalue weighted by Crippen LogP contribution is 2.20. The zero-order valence-electron chi connectivity index (χ0n) is 14.6. The van der Waals surface area contributed by atoms with E-state index >= 15 is 0 Å². The molecule has 2 N–H and O–H groups in total. The van der Waals surface area contributed by atoms with E-state index in [2.05, 4.69) is 10.2 Å². The largest absolute Gasteiger partial charge is 0.389 e. The number of aryl methyl sites for hydroxylation is 1. The summed E-state index contributed by atoms with van der Waals surface area (Å²) in [6.45, 7) is 8.64. The molecule has 0 spiro atoms. The van der Waals surface area contributed by atoms with Gasteiger partial charge in [-0.1, -0.05) is 32.0 Å². The monoisotopic (exact) mass is 318 g/mol. The number of rotatable bonds is 6. The molecule has 1 heterocycles. The molecule has 128 valence electrons. The molecule has 1 aliphatic heterocycles. The molecule has 0 aliphatic carbocycles. The van der Waals surface area contributed by atoms with Gasteiger partial charge >= 0.3 is 0 Å². The molecule has 0 unspecified atom stereocenters. The first-order valence-corrected chi connectivity index (χ1v) is 8.78. The van der Waals surface area contributed by atoms with Gasteiger partial charge in [-0.05, 0) is 44.2 Å². The Balaban J connectivity index is 1.83. The summed E-state index contributed by atoms with van der Waals surface area (Å²) in [6.07, 6.45) is 3.46. The van der Waals surface area contributed by atoms with E-state index in [-0.39, 0.29) is 11.9 Å². The number of amides is 1. The van der Waals surface area contributed by atoms with Gasteiger partial charge in [0.15, 0.2) is 0 Å². The Labute approximate surface area is 139 Å². The van der Waals surface area contributed by atoms with Crippen LogP contribution in [0, 0.1) is 6.92 Å². The van der Waals surface area contributed by atoms with Crippen molar-refractivity contribution in [1.29, 1.82) is 0 Å². The van der Waals surface area contributed by atoms with Crippen LogP contribution in [0.4, 0.5) is 0 Å². The minimum atomic E-state index is -0.572. The molecule has 1 fully saturated rings. The molecule has 1 aromatic rings. The SMILES string of the molecule is CCC(O)(CC)CN1CCC(NC(=O)c2ccccc2C)CC1. The van der Waals surface area contributed by atoms with E-state index in [1.54, 1.807) is 0 Å². The van der Waals surface area contributed by atoms with E-state index in [9.17, 15) is 9.90 Å². The zero-order valence-corrected chi connectivity index (χ0v) is 14.6. The van der Waals surface area contributed by atoms with Gasteiger partial charge in [-0.15, -0.1) is 0 Å². The molecule has 0 aromatic heterocycles. The molecule has 23 heavy (non-hydrogen) atoms. The number of nitrogens with one attached hydrogen (secondary N) is 1. The number of hydrogen-bond donors (Lipinski definition) is 2. The Morgan fingerprint density at radius 1 is 1.26 bits per heavy atom. The Morgan fingerprint density at radius 3 is 2.43 bits per heavy atom. The van der Waals surface area contributed by atoms with Gasteiger partial charge in [-0.25, -0.2) is 0 Å². The molecule has 0 atom stereocenters. The Kier molecular flexibility index (Phi) is 6.19. The van der Waals surface area contributed by atoms with Gasteiger partial charge in [0, 0.05) is 31.2 Å². The number of aliphatic hydroxyl groups is 1. The number of likely N-dealkylation sites (tertiary alicyclic amines) is 1. The summed E-state index contributed by atoms with van der Waals surface area (Å²) in [5.41, 5.74) is 1.21. The van der Waals surface area contributed by atoms with Crippen molar-refractivity contribution in [3.63, 3.8) is 0 Å². The third-order valence-corrected chi connectivity index (χ3v) is 5.15. The predicted octanol–water partition coefficient (Wildman–Crippen LogP) is 2.74. The van der Waals surface area contributed by atoms with Crippen molar-refractivity contribution in [3.05, 3.63) is 35.4 Å². The molecule has 0 saturated carbocycles. The summed E-state index contributed by atoms with van der Waals surface area (Å²) in [7, 11) is 0. The fourth-order valence-corrected chi connectivity index (χ4v) is 3.22. The van der Waals surface area contributed by atoms with Crippen molar-refractivity contribution in [2.24, 2.45) is 0 Å². The average Bonchev–Trinajstić information content (AvgIpc) is 2.57. The molecule has 0 radical (unpaired) electrons. The lowest BCUT2D eigenvalue weighted by Gasteiger charge is -2.37. The number of nitrogens with zero attached hydrogens (tertiary/aromatic N) is 1. The van der Waals surface area contributed by atoms with Gasteiger partial charge in [0.1, 0.15) is 0 Å². The topological polar surface area (TPSA) is 52.6 Å². The molecule has 1 amide bonds. The van der Waals surface area contributed by atoms with Crippen LogP contribution in [0.25, 0.3) is 0 Å². The van der Waals surface area contributed by atoms with Crippen molar-refractivity contribution in [2.75, 3.05) is 19.6 Å². The van der Waals surface area contributed by atoms with E-state index in [1.807, 2.05) is 45.0 Å².